The van der Waals surface area contributed by atoms with Gasteiger partial charge in [-0.3, -0.25) is 0 Å². The molecule has 22 heavy (non-hydrogen) atoms. The van der Waals surface area contributed by atoms with E-state index in [1.54, 1.807) is 0 Å². The highest BCUT2D eigenvalue weighted by atomic mass is 35.5. The predicted molar refractivity (Wildman–Crippen MR) is 91.6 cm³/mol. The lowest BCUT2D eigenvalue weighted by atomic mass is 10.1. The Morgan fingerprint density at radius 2 is 2.00 bits per heavy atom. The maximum Gasteiger partial charge on any atom is 0.175 e. The van der Waals surface area contributed by atoms with Crippen molar-refractivity contribution in [2.75, 3.05) is 11.4 Å². The van der Waals surface area contributed by atoms with Gasteiger partial charge in [-0.05, 0) is 43.4 Å². The molecule has 0 spiro atoms. The van der Waals surface area contributed by atoms with E-state index in [2.05, 4.69) is 29.1 Å². The van der Waals surface area contributed by atoms with Crippen LogP contribution in [0.5, 0.6) is 0 Å². The van der Waals surface area contributed by atoms with Crippen LogP contribution in [-0.4, -0.2) is 21.5 Å². The fraction of sp³-hybridized carbons (Fsp3) is 0.500. The topological polar surface area (TPSA) is 34.0 Å². The first kappa shape index (κ1) is 15.6. The summed E-state index contributed by atoms with van der Waals surface area (Å²) in [5, 5.41) is 10.1. The highest BCUT2D eigenvalue weighted by molar-refractivity contribution is 6.38. The van der Waals surface area contributed by atoms with Crippen LogP contribution in [-0.2, 0) is 6.42 Å². The van der Waals surface area contributed by atoms with Crippen molar-refractivity contribution in [3.63, 3.8) is 0 Å². The van der Waals surface area contributed by atoms with E-state index in [1.165, 1.54) is 5.56 Å². The van der Waals surface area contributed by atoms with Crippen LogP contribution in [0.4, 0.5) is 11.5 Å². The number of aromatic nitrogens is 3. The van der Waals surface area contributed by atoms with Crippen LogP contribution < -0.4 is 4.90 Å². The molecule has 0 amide bonds. The van der Waals surface area contributed by atoms with Crippen molar-refractivity contribution in [3.8, 4) is 0 Å². The Morgan fingerprint density at radius 3 is 2.68 bits per heavy atom. The summed E-state index contributed by atoms with van der Waals surface area (Å²) in [7, 11) is 0. The van der Waals surface area contributed by atoms with E-state index in [4.69, 9.17) is 23.2 Å². The smallest absolute Gasteiger partial charge is 0.175 e. The Labute approximate surface area is 141 Å². The molecule has 0 saturated heterocycles. The number of rotatable bonds is 4. The van der Waals surface area contributed by atoms with Crippen LogP contribution in [0.1, 0.15) is 43.9 Å². The van der Waals surface area contributed by atoms with Gasteiger partial charge >= 0.3 is 0 Å². The third kappa shape index (κ3) is 2.48. The standard InChI is InChI=1S/C16H20Cl2N4/c1-4-12(5-2)22-9-14(19-20-22)21-7-6-11-8-13(17)10(3)15(18)16(11)21/h8-9,12H,4-7H2,1-3H3. The molecule has 0 radical (unpaired) electrons. The molecule has 4 nitrogen and oxygen atoms in total. The molecule has 1 aromatic heterocycles. The average Bonchev–Trinajstić information content (AvgIpc) is 3.13. The van der Waals surface area contributed by atoms with Crippen molar-refractivity contribution < 1.29 is 0 Å². The molecule has 6 heteroatoms. The molecule has 118 valence electrons. The second-order valence-corrected chi connectivity index (χ2v) is 6.52. The lowest BCUT2D eigenvalue weighted by Gasteiger charge is -2.18. The maximum absolute atomic E-state index is 6.53. The lowest BCUT2D eigenvalue weighted by molar-refractivity contribution is 0.418. The third-order valence-corrected chi connectivity index (χ3v) is 5.32. The van der Waals surface area contributed by atoms with Gasteiger partial charge in [-0.1, -0.05) is 42.3 Å². The molecule has 2 aromatic rings. The van der Waals surface area contributed by atoms with Crippen LogP contribution in [0.3, 0.4) is 0 Å². The zero-order chi connectivity index (χ0) is 15.9. The van der Waals surface area contributed by atoms with Crippen molar-refractivity contribution in [2.45, 2.75) is 46.1 Å². The first-order chi connectivity index (χ1) is 10.6. The van der Waals surface area contributed by atoms with E-state index in [0.29, 0.717) is 6.04 Å². The second kappa shape index (κ2) is 6.09. The molecule has 1 aliphatic rings. The summed E-state index contributed by atoms with van der Waals surface area (Å²) in [6.45, 7) is 7.14. The van der Waals surface area contributed by atoms with E-state index >= 15 is 0 Å². The summed E-state index contributed by atoms with van der Waals surface area (Å²) < 4.78 is 1.96. The van der Waals surface area contributed by atoms with Crippen molar-refractivity contribution >= 4 is 34.7 Å². The minimum Gasteiger partial charge on any atom is -0.322 e. The zero-order valence-electron chi connectivity index (χ0n) is 13.1. The van der Waals surface area contributed by atoms with Gasteiger partial charge in [0.15, 0.2) is 5.82 Å². The fourth-order valence-electron chi connectivity index (χ4n) is 3.04. The average molecular weight is 339 g/mol. The summed E-state index contributed by atoms with van der Waals surface area (Å²) in [4.78, 5) is 2.15. The number of anilines is 2. The van der Waals surface area contributed by atoms with Crippen molar-refractivity contribution in [3.05, 3.63) is 33.4 Å². The number of nitrogens with zero attached hydrogens (tertiary/aromatic N) is 4. The van der Waals surface area contributed by atoms with E-state index in [-0.39, 0.29) is 0 Å². The monoisotopic (exact) mass is 338 g/mol. The molecule has 1 aliphatic heterocycles. The minimum atomic E-state index is 0.394. The van der Waals surface area contributed by atoms with Crippen LogP contribution in [0.25, 0.3) is 0 Å². The van der Waals surface area contributed by atoms with Gasteiger partial charge in [0.05, 0.1) is 22.9 Å². The van der Waals surface area contributed by atoms with Gasteiger partial charge in [-0.15, -0.1) is 5.10 Å². The molecule has 0 atom stereocenters. The molecule has 1 aromatic carbocycles. The van der Waals surface area contributed by atoms with Gasteiger partial charge in [0.25, 0.3) is 0 Å². The van der Waals surface area contributed by atoms with Crippen LogP contribution in [0.15, 0.2) is 12.3 Å². The lowest BCUT2D eigenvalue weighted by Crippen LogP contribution is -2.14. The normalized spacial score (nSPS) is 14.0. The first-order valence-electron chi connectivity index (χ1n) is 7.73. The number of benzene rings is 1. The molecular weight excluding hydrogens is 319 g/mol. The number of fused-ring (bicyclic) bond motifs is 1. The highest BCUT2D eigenvalue weighted by Gasteiger charge is 2.27. The predicted octanol–water partition coefficient (Wildman–Crippen LogP) is 4.95. The number of hydrogen-bond acceptors (Lipinski definition) is 3. The Kier molecular flexibility index (Phi) is 4.33. The number of hydrogen-bond donors (Lipinski definition) is 0. The molecule has 2 heterocycles. The molecule has 3 rings (SSSR count). The Bertz CT molecular complexity index is 692. The Morgan fingerprint density at radius 1 is 1.27 bits per heavy atom. The van der Waals surface area contributed by atoms with E-state index in [1.807, 2.05) is 23.9 Å². The molecule has 0 N–H and O–H groups in total. The van der Waals surface area contributed by atoms with Gasteiger partial charge in [-0.2, -0.15) is 0 Å². The van der Waals surface area contributed by atoms with Gasteiger partial charge < -0.3 is 4.90 Å². The maximum atomic E-state index is 6.53. The van der Waals surface area contributed by atoms with E-state index in [9.17, 15) is 0 Å². The minimum absolute atomic E-state index is 0.394. The second-order valence-electron chi connectivity index (χ2n) is 5.73. The molecule has 0 unspecified atom stereocenters. The Hall–Kier alpha value is -1.26. The third-order valence-electron chi connectivity index (χ3n) is 4.47. The quantitative estimate of drug-likeness (QED) is 0.790. The van der Waals surface area contributed by atoms with Crippen molar-refractivity contribution in [1.82, 2.24) is 15.0 Å². The summed E-state index contributed by atoms with van der Waals surface area (Å²) in [5.74, 6) is 0.856. The van der Waals surface area contributed by atoms with Gasteiger partial charge in [-0.25, -0.2) is 4.68 Å². The van der Waals surface area contributed by atoms with Crippen molar-refractivity contribution in [1.29, 1.82) is 0 Å². The molecule has 0 aliphatic carbocycles. The largest absolute Gasteiger partial charge is 0.322 e. The summed E-state index contributed by atoms with van der Waals surface area (Å²) >= 11 is 12.8. The fourth-order valence-corrected chi connectivity index (χ4v) is 3.64. The zero-order valence-corrected chi connectivity index (χ0v) is 14.6. The summed E-state index contributed by atoms with van der Waals surface area (Å²) in [6.07, 6.45) is 5.04. The van der Waals surface area contributed by atoms with Crippen LogP contribution >= 0.6 is 23.2 Å². The molecule has 0 bridgehead atoms. The van der Waals surface area contributed by atoms with E-state index in [0.717, 1.165) is 52.9 Å². The van der Waals surface area contributed by atoms with Gasteiger partial charge in [0, 0.05) is 11.6 Å². The molecular formula is C16H20Cl2N4. The Balaban J connectivity index is 1.99. The van der Waals surface area contributed by atoms with Gasteiger partial charge in [0.2, 0.25) is 0 Å². The van der Waals surface area contributed by atoms with Crippen molar-refractivity contribution in [2.24, 2.45) is 0 Å². The van der Waals surface area contributed by atoms with Gasteiger partial charge in [0.1, 0.15) is 0 Å². The highest BCUT2D eigenvalue weighted by Crippen LogP contribution is 2.43. The summed E-state index contributed by atoms with van der Waals surface area (Å²) in [5.41, 5.74) is 3.12. The van der Waals surface area contributed by atoms with Crippen LogP contribution in [0.2, 0.25) is 10.0 Å². The molecule has 0 saturated carbocycles. The van der Waals surface area contributed by atoms with E-state index < -0.39 is 0 Å². The molecule has 0 fully saturated rings. The van der Waals surface area contributed by atoms with Crippen LogP contribution in [0, 0.1) is 6.92 Å². The first-order valence-corrected chi connectivity index (χ1v) is 8.49. The SMILES string of the molecule is CCC(CC)n1cc(N2CCc3cc(Cl)c(C)c(Cl)c32)nn1. The number of halogens is 2. The summed E-state index contributed by atoms with van der Waals surface area (Å²) in [6, 6.07) is 2.41.